The van der Waals surface area contributed by atoms with Crippen LogP contribution in [0.3, 0.4) is 0 Å². The minimum atomic E-state index is -0.428. The van der Waals surface area contributed by atoms with E-state index in [2.05, 4.69) is 35.7 Å². The molecule has 0 atom stereocenters. The second kappa shape index (κ2) is 9.84. The molecule has 1 aromatic carbocycles. The summed E-state index contributed by atoms with van der Waals surface area (Å²) in [7, 11) is 1.54. The SMILES string of the molecule is COc1cccc(COc2nc(C)n(-c3cccc(-c4ccnc(C(C)(C)C)n4)c3)c(=O)c2Cl)n1. The van der Waals surface area contributed by atoms with Crippen molar-refractivity contribution in [1.82, 2.24) is 24.5 Å². The maximum absolute atomic E-state index is 13.2. The van der Waals surface area contributed by atoms with Crippen molar-refractivity contribution in [3.8, 4) is 28.7 Å². The van der Waals surface area contributed by atoms with E-state index in [0.717, 1.165) is 17.1 Å². The number of nitrogens with zero attached hydrogens (tertiary/aromatic N) is 5. The fourth-order valence-electron chi connectivity index (χ4n) is 3.46. The molecule has 0 radical (unpaired) electrons. The number of hydrogen-bond donors (Lipinski definition) is 0. The lowest BCUT2D eigenvalue weighted by atomic mass is 9.95. The van der Waals surface area contributed by atoms with Crippen LogP contribution in [0.25, 0.3) is 16.9 Å². The Kier molecular flexibility index (Phi) is 6.84. The first-order chi connectivity index (χ1) is 16.7. The number of aromatic nitrogens is 5. The fourth-order valence-corrected chi connectivity index (χ4v) is 3.64. The zero-order chi connectivity index (χ0) is 25.2. The van der Waals surface area contributed by atoms with Gasteiger partial charge in [0.2, 0.25) is 11.8 Å². The van der Waals surface area contributed by atoms with Crippen molar-refractivity contribution < 1.29 is 9.47 Å². The van der Waals surface area contributed by atoms with E-state index in [1.54, 1.807) is 31.3 Å². The predicted octanol–water partition coefficient (Wildman–Crippen LogP) is 4.93. The molecule has 0 amide bonds. The van der Waals surface area contributed by atoms with Crippen LogP contribution in [0.4, 0.5) is 0 Å². The molecule has 0 unspecified atom stereocenters. The molecule has 9 heteroatoms. The van der Waals surface area contributed by atoms with Crippen LogP contribution in [0.2, 0.25) is 5.02 Å². The van der Waals surface area contributed by atoms with Crippen molar-refractivity contribution in [3.05, 3.63) is 87.4 Å². The van der Waals surface area contributed by atoms with Crippen LogP contribution < -0.4 is 15.0 Å². The van der Waals surface area contributed by atoms with E-state index >= 15 is 0 Å². The third-order valence-corrected chi connectivity index (χ3v) is 5.56. The number of halogens is 1. The standard InChI is InChI=1S/C26H26ClN5O3/c1-16-29-23(35-15-18-9-7-11-21(30-18)34-5)22(27)24(33)32(16)19-10-6-8-17(14-19)20-12-13-28-25(31-20)26(2,3)4/h6-14H,15H2,1-5H3. The molecule has 180 valence electrons. The van der Waals surface area contributed by atoms with Crippen LogP contribution >= 0.6 is 11.6 Å². The average molecular weight is 492 g/mol. The van der Waals surface area contributed by atoms with E-state index in [9.17, 15) is 4.79 Å². The summed E-state index contributed by atoms with van der Waals surface area (Å²) in [6, 6.07) is 14.7. The lowest BCUT2D eigenvalue weighted by Crippen LogP contribution is -2.23. The van der Waals surface area contributed by atoms with Crippen LogP contribution in [0.1, 0.15) is 38.1 Å². The van der Waals surface area contributed by atoms with Crippen molar-refractivity contribution in [2.75, 3.05) is 7.11 Å². The second-order valence-corrected chi connectivity index (χ2v) is 9.32. The van der Waals surface area contributed by atoms with Gasteiger partial charge in [0.15, 0.2) is 5.02 Å². The Labute approximate surface area is 208 Å². The summed E-state index contributed by atoms with van der Waals surface area (Å²) < 4.78 is 12.3. The van der Waals surface area contributed by atoms with Gasteiger partial charge < -0.3 is 9.47 Å². The van der Waals surface area contributed by atoms with Gasteiger partial charge in [0.1, 0.15) is 18.3 Å². The summed E-state index contributed by atoms with van der Waals surface area (Å²) in [5.74, 6) is 1.69. The Morgan fingerprint density at radius 1 is 1.03 bits per heavy atom. The minimum Gasteiger partial charge on any atom is -0.481 e. The van der Waals surface area contributed by atoms with Crippen LogP contribution in [-0.4, -0.2) is 31.6 Å². The quantitative estimate of drug-likeness (QED) is 0.377. The Morgan fingerprint density at radius 3 is 2.54 bits per heavy atom. The van der Waals surface area contributed by atoms with Crippen LogP contribution in [0.15, 0.2) is 59.5 Å². The van der Waals surface area contributed by atoms with Gasteiger partial charge in [-0.1, -0.05) is 50.6 Å². The molecule has 35 heavy (non-hydrogen) atoms. The normalized spacial score (nSPS) is 11.4. The lowest BCUT2D eigenvalue weighted by molar-refractivity contribution is 0.284. The van der Waals surface area contributed by atoms with E-state index in [-0.39, 0.29) is 22.9 Å². The van der Waals surface area contributed by atoms with Crippen molar-refractivity contribution in [2.45, 2.75) is 39.7 Å². The molecule has 0 spiro atoms. The summed E-state index contributed by atoms with van der Waals surface area (Å²) in [4.78, 5) is 31.1. The van der Waals surface area contributed by atoms with Crippen LogP contribution in [0, 0.1) is 6.92 Å². The summed E-state index contributed by atoms with van der Waals surface area (Å²) in [6.07, 6.45) is 1.74. The second-order valence-electron chi connectivity index (χ2n) is 8.94. The highest BCUT2D eigenvalue weighted by Gasteiger charge is 2.19. The Balaban J connectivity index is 1.66. The van der Waals surface area contributed by atoms with Crippen molar-refractivity contribution in [3.63, 3.8) is 0 Å². The minimum absolute atomic E-state index is 0.0526. The van der Waals surface area contributed by atoms with Crippen molar-refractivity contribution >= 4 is 11.6 Å². The van der Waals surface area contributed by atoms with E-state index in [0.29, 0.717) is 23.1 Å². The van der Waals surface area contributed by atoms with Crippen molar-refractivity contribution in [2.24, 2.45) is 0 Å². The van der Waals surface area contributed by atoms with Gasteiger partial charge in [-0.05, 0) is 31.2 Å². The molecule has 4 aromatic rings. The summed E-state index contributed by atoms with van der Waals surface area (Å²) >= 11 is 6.39. The van der Waals surface area contributed by atoms with Crippen LogP contribution in [0.5, 0.6) is 11.8 Å². The summed E-state index contributed by atoms with van der Waals surface area (Å²) in [6.45, 7) is 8.00. The van der Waals surface area contributed by atoms with Gasteiger partial charge in [-0.25, -0.2) is 15.0 Å². The van der Waals surface area contributed by atoms with Gasteiger partial charge >= 0.3 is 0 Å². The van der Waals surface area contributed by atoms with Gasteiger partial charge in [0, 0.05) is 23.2 Å². The Morgan fingerprint density at radius 2 is 1.80 bits per heavy atom. The van der Waals surface area contributed by atoms with Gasteiger partial charge in [-0.2, -0.15) is 4.98 Å². The summed E-state index contributed by atoms with van der Waals surface area (Å²) in [5, 5.41) is -0.110. The number of methoxy groups -OCH3 is 1. The van der Waals surface area contributed by atoms with Gasteiger partial charge in [-0.15, -0.1) is 0 Å². The first-order valence-electron chi connectivity index (χ1n) is 11.0. The number of benzene rings is 1. The highest BCUT2D eigenvalue weighted by molar-refractivity contribution is 6.31. The molecule has 3 heterocycles. The van der Waals surface area contributed by atoms with E-state index in [1.165, 1.54) is 11.7 Å². The number of hydrogen-bond acceptors (Lipinski definition) is 7. The molecule has 0 aliphatic carbocycles. The molecule has 0 N–H and O–H groups in total. The first kappa shape index (κ1) is 24.3. The van der Waals surface area contributed by atoms with Crippen LogP contribution in [-0.2, 0) is 12.0 Å². The third-order valence-electron chi connectivity index (χ3n) is 5.24. The topological polar surface area (TPSA) is 92.0 Å². The molecule has 4 rings (SSSR count). The zero-order valence-corrected chi connectivity index (χ0v) is 21.0. The predicted molar refractivity (Wildman–Crippen MR) is 134 cm³/mol. The smallest absolute Gasteiger partial charge is 0.280 e. The highest BCUT2D eigenvalue weighted by Crippen LogP contribution is 2.25. The lowest BCUT2D eigenvalue weighted by Gasteiger charge is -2.17. The molecule has 0 bridgehead atoms. The molecule has 0 saturated heterocycles. The fraction of sp³-hybridized carbons (Fsp3) is 0.269. The molecular formula is C26H26ClN5O3. The van der Waals surface area contributed by atoms with Gasteiger partial charge in [-0.3, -0.25) is 9.36 Å². The molecular weight excluding hydrogens is 466 g/mol. The Bertz CT molecular complexity index is 1430. The first-order valence-corrected chi connectivity index (χ1v) is 11.4. The number of pyridine rings is 1. The van der Waals surface area contributed by atoms with E-state index in [1.807, 2.05) is 30.3 Å². The maximum Gasteiger partial charge on any atom is 0.280 e. The van der Waals surface area contributed by atoms with E-state index in [4.69, 9.17) is 26.1 Å². The largest absolute Gasteiger partial charge is 0.481 e. The Hall–Kier alpha value is -3.78. The average Bonchev–Trinajstić information content (AvgIpc) is 2.85. The molecule has 0 saturated carbocycles. The summed E-state index contributed by atoms with van der Waals surface area (Å²) in [5.41, 5.74) is 2.24. The molecule has 8 nitrogen and oxygen atoms in total. The van der Waals surface area contributed by atoms with Crippen molar-refractivity contribution in [1.29, 1.82) is 0 Å². The third kappa shape index (κ3) is 5.33. The van der Waals surface area contributed by atoms with Gasteiger partial charge in [0.25, 0.3) is 5.56 Å². The number of ether oxygens (including phenoxy) is 2. The zero-order valence-electron chi connectivity index (χ0n) is 20.2. The molecule has 0 aliphatic rings. The van der Waals surface area contributed by atoms with Gasteiger partial charge in [0.05, 0.1) is 24.2 Å². The molecule has 0 aliphatic heterocycles. The monoisotopic (exact) mass is 491 g/mol. The highest BCUT2D eigenvalue weighted by atomic mass is 35.5. The number of rotatable bonds is 6. The molecule has 3 aromatic heterocycles. The molecule has 0 fully saturated rings. The maximum atomic E-state index is 13.2. The number of aryl methyl sites for hydroxylation is 1. The van der Waals surface area contributed by atoms with E-state index < -0.39 is 5.56 Å².